The smallest absolute Gasteiger partial charge is 0.255 e. The van der Waals surface area contributed by atoms with Crippen molar-refractivity contribution in [2.75, 3.05) is 12.3 Å². The molecule has 6 heteroatoms. The second-order valence-corrected chi connectivity index (χ2v) is 9.15. The first-order valence-corrected chi connectivity index (χ1v) is 11.0. The van der Waals surface area contributed by atoms with Crippen molar-refractivity contribution < 1.29 is 14.0 Å². The SMILES string of the molecule is CC(C)CNC(=O)C1CSC(C2CCCCC2)N1C(=O)c1ccc(F)cc1. The fourth-order valence-electron chi connectivity index (χ4n) is 3.93. The summed E-state index contributed by atoms with van der Waals surface area (Å²) in [5.74, 6) is 0.801. The number of halogens is 1. The number of carbonyl (C=O) groups excluding carboxylic acids is 2. The lowest BCUT2D eigenvalue weighted by molar-refractivity contribution is -0.125. The molecule has 2 aliphatic rings. The van der Waals surface area contributed by atoms with Crippen LogP contribution in [0.3, 0.4) is 0 Å². The molecule has 1 aliphatic carbocycles. The predicted molar refractivity (Wildman–Crippen MR) is 107 cm³/mol. The average Bonchev–Trinajstić information content (AvgIpc) is 3.12. The number of hydrogen-bond donors (Lipinski definition) is 1. The summed E-state index contributed by atoms with van der Waals surface area (Å²) in [6.07, 6.45) is 5.82. The Kier molecular flexibility index (Phi) is 6.79. The van der Waals surface area contributed by atoms with Gasteiger partial charge in [-0.3, -0.25) is 9.59 Å². The van der Waals surface area contributed by atoms with Crippen LogP contribution < -0.4 is 5.32 Å². The molecule has 0 spiro atoms. The van der Waals surface area contributed by atoms with Crippen molar-refractivity contribution in [1.29, 1.82) is 0 Å². The third-order valence-electron chi connectivity index (χ3n) is 5.40. The number of thioether (sulfide) groups is 1. The zero-order chi connectivity index (χ0) is 19.4. The molecule has 1 saturated carbocycles. The van der Waals surface area contributed by atoms with Crippen LogP contribution in [0.1, 0.15) is 56.3 Å². The molecule has 4 nitrogen and oxygen atoms in total. The van der Waals surface area contributed by atoms with E-state index in [0.29, 0.717) is 29.7 Å². The van der Waals surface area contributed by atoms with E-state index in [0.717, 1.165) is 12.8 Å². The number of carbonyl (C=O) groups is 2. The van der Waals surface area contributed by atoms with Gasteiger partial charge in [-0.2, -0.15) is 0 Å². The Labute approximate surface area is 165 Å². The fourth-order valence-corrected chi connectivity index (χ4v) is 5.57. The number of nitrogens with one attached hydrogen (secondary N) is 1. The molecule has 0 radical (unpaired) electrons. The van der Waals surface area contributed by atoms with Gasteiger partial charge in [0.25, 0.3) is 5.91 Å². The lowest BCUT2D eigenvalue weighted by Crippen LogP contribution is -2.52. The molecular formula is C21H29FN2O2S. The highest BCUT2D eigenvalue weighted by Crippen LogP contribution is 2.41. The van der Waals surface area contributed by atoms with Crippen molar-refractivity contribution >= 4 is 23.6 Å². The Bertz CT molecular complexity index is 659. The molecule has 1 aliphatic heterocycles. The van der Waals surface area contributed by atoms with Gasteiger partial charge in [0.2, 0.25) is 5.91 Å². The lowest BCUT2D eigenvalue weighted by atomic mass is 9.88. The maximum atomic E-state index is 13.3. The Morgan fingerprint density at radius 1 is 1.19 bits per heavy atom. The number of rotatable bonds is 5. The number of benzene rings is 1. The highest BCUT2D eigenvalue weighted by molar-refractivity contribution is 8.00. The third kappa shape index (κ3) is 4.84. The van der Waals surface area contributed by atoms with Crippen molar-refractivity contribution in [2.24, 2.45) is 11.8 Å². The van der Waals surface area contributed by atoms with Gasteiger partial charge in [0.05, 0.1) is 5.37 Å². The molecule has 1 N–H and O–H groups in total. The van der Waals surface area contributed by atoms with Crippen molar-refractivity contribution in [3.05, 3.63) is 35.6 Å². The number of hydrogen-bond acceptors (Lipinski definition) is 3. The maximum Gasteiger partial charge on any atom is 0.255 e. The van der Waals surface area contributed by atoms with E-state index in [4.69, 9.17) is 0 Å². The second kappa shape index (κ2) is 9.09. The van der Waals surface area contributed by atoms with E-state index in [9.17, 15) is 14.0 Å². The summed E-state index contributed by atoms with van der Waals surface area (Å²) in [5, 5.41) is 3.01. The molecule has 1 saturated heterocycles. The van der Waals surface area contributed by atoms with Gasteiger partial charge in [0.15, 0.2) is 0 Å². The van der Waals surface area contributed by atoms with Gasteiger partial charge < -0.3 is 10.2 Å². The first kappa shape index (κ1) is 20.2. The summed E-state index contributed by atoms with van der Waals surface area (Å²) in [7, 11) is 0. The van der Waals surface area contributed by atoms with Crippen molar-refractivity contribution in [3.8, 4) is 0 Å². The van der Waals surface area contributed by atoms with Gasteiger partial charge in [-0.15, -0.1) is 11.8 Å². The van der Waals surface area contributed by atoms with E-state index in [1.165, 1.54) is 43.5 Å². The molecule has 3 rings (SSSR count). The van der Waals surface area contributed by atoms with E-state index in [-0.39, 0.29) is 23.0 Å². The second-order valence-electron chi connectivity index (χ2n) is 8.00. The normalized spacial score (nSPS) is 23.6. The van der Waals surface area contributed by atoms with Gasteiger partial charge in [0.1, 0.15) is 11.9 Å². The van der Waals surface area contributed by atoms with Crippen LogP contribution in [0.4, 0.5) is 4.39 Å². The third-order valence-corrected chi connectivity index (χ3v) is 6.86. The molecule has 1 aromatic carbocycles. The Balaban J connectivity index is 1.83. The van der Waals surface area contributed by atoms with Crippen LogP contribution in [0.2, 0.25) is 0 Å². The highest BCUT2D eigenvalue weighted by Gasteiger charge is 2.45. The zero-order valence-corrected chi connectivity index (χ0v) is 16.9. The summed E-state index contributed by atoms with van der Waals surface area (Å²) < 4.78 is 13.3. The predicted octanol–water partition coefficient (Wildman–Crippen LogP) is 4.06. The maximum absolute atomic E-state index is 13.3. The first-order valence-electron chi connectivity index (χ1n) is 9.95. The molecule has 0 bridgehead atoms. The highest BCUT2D eigenvalue weighted by atomic mass is 32.2. The molecule has 2 unspecified atom stereocenters. The summed E-state index contributed by atoms with van der Waals surface area (Å²) in [4.78, 5) is 27.9. The Morgan fingerprint density at radius 2 is 1.85 bits per heavy atom. The molecule has 27 heavy (non-hydrogen) atoms. The summed E-state index contributed by atoms with van der Waals surface area (Å²) in [5.41, 5.74) is 0.446. The van der Waals surface area contributed by atoms with E-state index in [1.807, 2.05) is 0 Å². The topological polar surface area (TPSA) is 49.4 Å². The Morgan fingerprint density at radius 3 is 2.48 bits per heavy atom. The van der Waals surface area contributed by atoms with Crippen LogP contribution >= 0.6 is 11.8 Å². The molecule has 2 amide bonds. The van der Waals surface area contributed by atoms with Crippen molar-refractivity contribution in [2.45, 2.75) is 57.4 Å². The summed E-state index contributed by atoms with van der Waals surface area (Å²) >= 11 is 1.72. The van der Waals surface area contributed by atoms with Crippen LogP contribution in [-0.4, -0.2) is 40.4 Å². The molecule has 148 valence electrons. The number of nitrogens with zero attached hydrogens (tertiary/aromatic N) is 1. The van der Waals surface area contributed by atoms with Crippen molar-refractivity contribution in [1.82, 2.24) is 10.2 Å². The standard InChI is InChI=1S/C21H29FN2O2S/c1-14(2)12-23-19(25)18-13-27-21(16-6-4-3-5-7-16)24(18)20(26)15-8-10-17(22)11-9-15/h8-11,14,16,18,21H,3-7,12-13H2,1-2H3,(H,23,25). The van der Waals surface area contributed by atoms with Gasteiger partial charge in [-0.05, 0) is 48.9 Å². The summed E-state index contributed by atoms with van der Waals surface area (Å²) in [6, 6.07) is 5.18. The monoisotopic (exact) mass is 392 g/mol. The van der Waals surface area contributed by atoms with E-state index in [2.05, 4.69) is 19.2 Å². The molecule has 1 heterocycles. The minimum Gasteiger partial charge on any atom is -0.354 e. The molecular weight excluding hydrogens is 363 g/mol. The van der Waals surface area contributed by atoms with Gasteiger partial charge in [0, 0.05) is 17.9 Å². The summed E-state index contributed by atoms with van der Waals surface area (Å²) in [6.45, 7) is 4.71. The molecule has 2 atom stereocenters. The number of amides is 2. The molecule has 1 aromatic rings. The van der Waals surface area contributed by atoms with Crippen LogP contribution in [0.15, 0.2) is 24.3 Å². The van der Waals surface area contributed by atoms with Crippen LogP contribution in [0.25, 0.3) is 0 Å². The van der Waals surface area contributed by atoms with Crippen LogP contribution in [0.5, 0.6) is 0 Å². The van der Waals surface area contributed by atoms with E-state index < -0.39 is 6.04 Å². The quantitative estimate of drug-likeness (QED) is 0.822. The minimum absolute atomic E-state index is 0.0256. The molecule has 0 aromatic heterocycles. The fraction of sp³-hybridized carbons (Fsp3) is 0.619. The first-order chi connectivity index (χ1) is 13.0. The van der Waals surface area contributed by atoms with Gasteiger partial charge >= 0.3 is 0 Å². The average molecular weight is 393 g/mol. The van der Waals surface area contributed by atoms with Crippen LogP contribution in [-0.2, 0) is 4.79 Å². The van der Waals surface area contributed by atoms with Gasteiger partial charge in [-0.25, -0.2) is 4.39 Å². The van der Waals surface area contributed by atoms with Crippen molar-refractivity contribution in [3.63, 3.8) is 0 Å². The minimum atomic E-state index is -0.460. The van der Waals surface area contributed by atoms with E-state index in [1.54, 1.807) is 16.7 Å². The largest absolute Gasteiger partial charge is 0.354 e. The van der Waals surface area contributed by atoms with Crippen LogP contribution in [0, 0.1) is 17.7 Å². The zero-order valence-electron chi connectivity index (χ0n) is 16.1. The Hall–Kier alpha value is -1.56. The van der Waals surface area contributed by atoms with Gasteiger partial charge in [-0.1, -0.05) is 33.1 Å². The van der Waals surface area contributed by atoms with E-state index >= 15 is 0 Å². The molecule has 2 fully saturated rings. The lowest BCUT2D eigenvalue weighted by Gasteiger charge is -2.35.